The number of hydrogen-bond donors (Lipinski definition) is 2. The monoisotopic (exact) mass is 237 g/mol. The van der Waals surface area contributed by atoms with Crippen molar-refractivity contribution in [3.05, 3.63) is 6.20 Å². The van der Waals surface area contributed by atoms with Crippen molar-refractivity contribution in [2.45, 2.75) is 51.6 Å². The summed E-state index contributed by atoms with van der Waals surface area (Å²) in [7, 11) is 0. The molecule has 96 valence electrons. The Kier molecular flexibility index (Phi) is 3.66. The summed E-state index contributed by atoms with van der Waals surface area (Å²) in [4.78, 5) is 0. The summed E-state index contributed by atoms with van der Waals surface area (Å²) in [5.41, 5.74) is 6.03. The van der Waals surface area contributed by atoms with E-state index in [1.807, 2.05) is 4.68 Å². The van der Waals surface area contributed by atoms with Crippen LogP contribution in [-0.4, -0.2) is 27.1 Å². The van der Waals surface area contributed by atoms with Crippen molar-refractivity contribution in [3.8, 4) is 0 Å². The first-order chi connectivity index (χ1) is 8.19. The molecule has 1 aliphatic carbocycles. The second-order valence-electron chi connectivity index (χ2n) is 5.25. The normalized spacial score (nSPS) is 29.2. The van der Waals surface area contributed by atoms with Crippen molar-refractivity contribution in [1.29, 1.82) is 0 Å². The van der Waals surface area contributed by atoms with Gasteiger partial charge in [0.15, 0.2) is 0 Å². The van der Waals surface area contributed by atoms with Crippen molar-refractivity contribution in [2.24, 2.45) is 11.7 Å². The summed E-state index contributed by atoms with van der Waals surface area (Å²) in [5, 5.41) is 11.6. The number of nitrogens with one attached hydrogen (secondary N) is 1. The van der Waals surface area contributed by atoms with Crippen LogP contribution in [0.2, 0.25) is 0 Å². The summed E-state index contributed by atoms with van der Waals surface area (Å²) >= 11 is 0. The molecular formula is C12H23N5. The lowest BCUT2D eigenvalue weighted by Gasteiger charge is -2.40. The highest BCUT2D eigenvalue weighted by atomic mass is 15.5. The molecule has 0 spiro atoms. The van der Waals surface area contributed by atoms with E-state index in [0.29, 0.717) is 6.54 Å². The average Bonchev–Trinajstić information content (AvgIpc) is 2.76. The fraction of sp³-hybridized carbons (Fsp3) is 0.833. The zero-order chi connectivity index (χ0) is 12.3. The van der Waals surface area contributed by atoms with Crippen LogP contribution in [0.15, 0.2) is 6.20 Å². The molecule has 17 heavy (non-hydrogen) atoms. The van der Waals surface area contributed by atoms with E-state index in [9.17, 15) is 0 Å². The summed E-state index contributed by atoms with van der Waals surface area (Å²) in [6, 6.07) is 0. The van der Waals surface area contributed by atoms with Crippen molar-refractivity contribution in [3.63, 3.8) is 0 Å². The molecule has 2 unspecified atom stereocenters. The molecule has 1 heterocycles. The van der Waals surface area contributed by atoms with Gasteiger partial charge in [-0.25, -0.2) is 4.68 Å². The lowest BCUT2D eigenvalue weighted by Crippen LogP contribution is -2.49. The molecule has 1 aromatic rings. The lowest BCUT2D eigenvalue weighted by molar-refractivity contribution is 0.262. The Balaban J connectivity index is 2.13. The third kappa shape index (κ3) is 2.60. The van der Waals surface area contributed by atoms with Gasteiger partial charge in [0.2, 0.25) is 0 Å². The van der Waals surface area contributed by atoms with Crippen LogP contribution in [0.1, 0.15) is 39.5 Å². The van der Waals surface area contributed by atoms with E-state index >= 15 is 0 Å². The second-order valence-corrected chi connectivity index (χ2v) is 5.25. The molecular weight excluding hydrogens is 214 g/mol. The van der Waals surface area contributed by atoms with Crippen molar-refractivity contribution in [2.75, 3.05) is 11.9 Å². The smallest absolute Gasteiger partial charge is 0.145 e. The minimum Gasteiger partial charge on any atom is -0.362 e. The van der Waals surface area contributed by atoms with Gasteiger partial charge in [0, 0.05) is 13.1 Å². The van der Waals surface area contributed by atoms with E-state index in [0.717, 1.165) is 31.1 Å². The van der Waals surface area contributed by atoms with Gasteiger partial charge >= 0.3 is 0 Å². The minimum atomic E-state index is 0.0340. The molecule has 1 saturated carbocycles. The van der Waals surface area contributed by atoms with E-state index in [4.69, 9.17) is 5.73 Å². The summed E-state index contributed by atoms with van der Waals surface area (Å²) in [6.07, 6.45) is 6.63. The number of nitrogens with two attached hydrogens (primary N) is 1. The standard InChI is InChI=1S/C12H23N5/c1-3-17-11(8-14-16-17)15-12(9-13)6-4-5-10(2)7-12/h8,10,15H,3-7,9,13H2,1-2H3. The summed E-state index contributed by atoms with van der Waals surface area (Å²) < 4.78 is 1.89. The van der Waals surface area contributed by atoms with Gasteiger partial charge in [-0.1, -0.05) is 25.0 Å². The molecule has 5 heteroatoms. The van der Waals surface area contributed by atoms with E-state index in [1.54, 1.807) is 6.20 Å². The Labute approximate surface area is 103 Å². The topological polar surface area (TPSA) is 68.8 Å². The van der Waals surface area contributed by atoms with Crippen LogP contribution in [0.4, 0.5) is 5.82 Å². The highest BCUT2D eigenvalue weighted by molar-refractivity contribution is 5.36. The van der Waals surface area contributed by atoms with E-state index in [2.05, 4.69) is 29.5 Å². The number of hydrogen-bond acceptors (Lipinski definition) is 4. The molecule has 0 amide bonds. The van der Waals surface area contributed by atoms with Crippen LogP contribution in [0, 0.1) is 5.92 Å². The third-order valence-electron chi connectivity index (χ3n) is 3.79. The predicted molar refractivity (Wildman–Crippen MR) is 68.7 cm³/mol. The number of anilines is 1. The fourth-order valence-corrected chi connectivity index (χ4v) is 2.87. The first-order valence-electron chi connectivity index (χ1n) is 6.56. The molecule has 0 bridgehead atoms. The zero-order valence-corrected chi connectivity index (χ0v) is 10.8. The van der Waals surface area contributed by atoms with Gasteiger partial charge in [-0.2, -0.15) is 0 Å². The largest absolute Gasteiger partial charge is 0.362 e. The average molecular weight is 237 g/mol. The Hall–Kier alpha value is -1.10. The van der Waals surface area contributed by atoms with Gasteiger partial charge in [0.1, 0.15) is 5.82 Å². The van der Waals surface area contributed by atoms with Crippen molar-refractivity contribution >= 4 is 5.82 Å². The predicted octanol–water partition coefficient (Wildman–Crippen LogP) is 1.62. The van der Waals surface area contributed by atoms with E-state index in [1.165, 1.54) is 12.8 Å². The molecule has 1 fully saturated rings. The Bertz CT molecular complexity index is 362. The summed E-state index contributed by atoms with van der Waals surface area (Å²) in [5.74, 6) is 1.73. The van der Waals surface area contributed by atoms with Gasteiger partial charge in [-0.15, -0.1) is 5.10 Å². The molecule has 0 saturated heterocycles. The molecule has 1 aliphatic rings. The molecule has 5 nitrogen and oxygen atoms in total. The molecule has 3 N–H and O–H groups in total. The van der Waals surface area contributed by atoms with Crippen LogP contribution < -0.4 is 11.1 Å². The quantitative estimate of drug-likeness (QED) is 0.835. The van der Waals surface area contributed by atoms with Crippen molar-refractivity contribution in [1.82, 2.24) is 15.0 Å². The van der Waals surface area contributed by atoms with Gasteiger partial charge in [-0.05, 0) is 25.7 Å². The maximum atomic E-state index is 6.00. The molecule has 0 aromatic carbocycles. The first-order valence-corrected chi connectivity index (χ1v) is 6.56. The second kappa shape index (κ2) is 5.04. The van der Waals surface area contributed by atoms with Gasteiger partial charge in [-0.3, -0.25) is 0 Å². The number of aromatic nitrogens is 3. The fourth-order valence-electron chi connectivity index (χ4n) is 2.87. The molecule has 1 aromatic heterocycles. The van der Waals surface area contributed by atoms with Crippen LogP contribution >= 0.6 is 0 Å². The Morgan fingerprint density at radius 1 is 1.65 bits per heavy atom. The highest BCUT2D eigenvalue weighted by Crippen LogP contribution is 2.34. The molecule has 0 radical (unpaired) electrons. The summed E-state index contributed by atoms with van der Waals surface area (Å²) in [6.45, 7) is 5.88. The number of rotatable bonds is 4. The van der Waals surface area contributed by atoms with Crippen LogP contribution in [0.25, 0.3) is 0 Å². The molecule has 2 atom stereocenters. The van der Waals surface area contributed by atoms with E-state index < -0.39 is 0 Å². The highest BCUT2D eigenvalue weighted by Gasteiger charge is 2.34. The van der Waals surface area contributed by atoms with Gasteiger partial charge in [0.25, 0.3) is 0 Å². The Morgan fingerprint density at radius 3 is 3.12 bits per heavy atom. The maximum Gasteiger partial charge on any atom is 0.145 e. The first kappa shape index (κ1) is 12.4. The van der Waals surface area contributed by atoms with Crippen LogP contribution in [0.3, 0.4) is 0 Å². The van der Waals surface area contributed by atoms with Crippen LogP contribution in [0.5, 0.6) is 0 Å². The lowest BCUT2D eigenvalue weighted by atomic mass is 9.76. The minimum absolute atomic E-state index is 0.0340. The molecule has 2 rings (SSSR count). The SMILES string of the molecule is CCn1nncc1NC1(CN)CCCC(C)C1. The number of nitrogens with zero attached hydrogens (tertiary/aromatic N) is 3. The maximum absolute atomic E-state index is 6.00. The van der Waals surface area contributed by atoms with Crippen LogP contribution in [-0.2, 0) is 6.54 Å². The van der Waals surface area contributed by atoms with E-state index in [-0.39, 0.29) is 5.54 Å². The van der Waals surface area contributed by atoms with Gasteiger partial charge in [0.05, 0.1) is 11.7 Å². The third-order valence-corrected chi connectivity index (χ3v) is 3.79. The zero-order valence-electron chi connectivity index (χ0n) is 10.8. The molecule has 0 aliphatic heterocycles. The number of aryl methyl sites for hydroxylation is 1. The Morgan fingerprint density at radius 2 is 2.47 bits per heavy atom. The van der Waals surface area contributed by atoms with Crippen molar-refractivity contribution < 1.29 is 0 Å². The van der Waals surface area contributed by atoms with Gasteiger partial charge < -0.3 is 11.1 Å².